The maximum Gasteiger partial charge on any atom is 0.240 e. The van der Waals surface area contributed by atoms with E-state index in [2.05, 4.69) is 10.0 Å². The zero-order chi connectivity index (χ0) is 15.5. The summed E-state index contributed by atoms with van der Waals surface area (Å²) in [6.45, 7) is 2.16. The van der Waals surface area contributed by atoms with Crippen LogP contribution >= 0.6 is 0 Å². The van der Waals surface area contributed by atoms with Gasteiger partial charge in [0.15, 0.2) is 0 Å². The smallest absolute Gasteiger partial charge is 0.240 e. The van der Waals surface area contributed by atoms with Gasteiger partial charge >= 0.3 is 0 Å². The average molecular weight is 311 g/mol. The standard InChI is InChI=1S/C14H21N3O3S/c1-2-13(15)10-4-3-5-12(8-10)21(19,20)16-9-11-6-7-14(18)17-11/h3-5,8,11,13,16H,2,6-7,9,15H2,1H3,(H,17,18). The summed E-state index contributed by atoms with van der Waals surface area (Å²) in [6, 6.07) is 6.36. The van der Waals surface area contributed by atoms with Crippen LogP contribution in [0, 0.1) is 0 Å². The Bertz CT molecular complexity index is 616. The van der Waals surface area contributed by atoms with E-state index in [-0.39, 0.29) is 29.4 Å². The van der Waals surface area contributed by atoms with Gasteiger partial charge in [0, 0.05) is 25.0 Å². The molecule has 0 bridgehead atoms. The highest BCUT2D eigenvalue weighted by molar-refractivity contribution is 7.89. The fourth-order valence-electron chi connectivity index (χ4n) is 2.27. The molecule has 4 N–H and O–H groups in total. The van der Waals surface area contributed by atoms with Crippen LogP contribution < -0.4 is 15.8 Å². The number of carbonyl (C=O) groups is 1. The van der Waals surface area contributed by atoms with Crippen LogP contribution in [0.15, 0.2) is 29.2 Å². The van der Waals surface area contributed by atoms with E-state index in [4.69, 9.17) is 5.73 Å². The number of benzene rings is 1. The third-order valence-electron chi connectivity index (χ3n) is 3.64. The summed E-state index contributed by atoms with van der Waals surface area (Å²) in [7, 11) is -3.59. The molecule has 21 heavy (non-hydrogen) atoms. The molecule has 0 radical (unpaired) electrons. The number of hydrogen-bond donors (Lipinski definition) is 3. The summed E-state index contributed by atoms with van der Waals surface area (Å²) < 4.78 is 27.1. The third kappa shape index (κ3) is 4.03. The van der Waals surface area contributed by atoms with Gasteiger partial charge in [-0.1, -0.05) is 19.1 Å². The van der Waals surface area contributed by atoms with Crippen molar-refractivity contribution in [1.82, 2.24) is 10.0 Å². The molecule has 7 heteroatoms. The zero-order valence-corrected chi connectivity index (χ0v) is 12.8. The molecule has 1 aromatic rings. The molecule has 2 unspecified atom stereocenters. The fourth-order valence-corrected chi connectivity index (χ4v) is 3.41. The topological polar surface area (TPSA) is 101 Å². The van der Waals surface area contributed by atoms with Crippen LogP contribution in [0.2, 0.25) is 0 Å². The van der Waals surface area contributed by atoms with Gasteiger partial charge in [-0.3, -0.25) is 4.79 Å². The van der Waals surface area contributed by atoms with Crippen molar-refractivity contribution < 1.29 is 13.2 Å². The van der Waals surface area contributed by atoms with Gasteiger partial charge in [-0.05, 0) is 30.5 Å². The monoisotopic (exact) mass is 311 g/mol. The Morgan fingerprint density at radius 3 is 2.86 bits per heavy atom. The van der Waals surface area contributed by atoms with E-state index in [1.54, 1.807) is 18.2 Å². The van der Waals surface area contributed by atoms with Crippen molar-refractivity contribution in [2.75, 3.05) is 6.54 Å². The molecular weight excluding hydrogens is 290 g/mol. The second kappa shape index (κ2) is 6.55. The first-order valence-corrected chi connectivity index (χ1v) is 8.55. The van der Waals surface area contributed by atoms with Crippen LogP contribution in [0.4, 0.5) is 0 Å². The molecule has 0 saturated carbocycles. The molecule has 1 aliphatic heterocycles. The average Bonchev–Trinajstić information content (AvgIpc) is 2.90. The second-order valence-electron chi connectivity index (χ2n) is 5.24. The SMILES string of the molecule is CCC(N)c1cccc(S(=O)(=O)NCC2CCC(=O)N2)c1. The quantitative estimate of drug-likeness (QED) is 0.718. The number of rotatable bonds is 6. The molecular formula is C14H21N3O3S. The first-order valence-electron chi connectivity index (χ1n) is 7.07. The number of sulfonamides is 1. The van der Waals surface area contributed by atoms with Crippen molar-refractivity contribution >= 4 is 15.9 Å². The van der Waals surface area contributed by atoms with Crippen LogP contribution in [0.1, 0.15) is 37.8 Å². The van der Waals surface area contributed by atoms with Crippen molar-refractivity contribution in [2.24, 2.45) is 5.73 Å². The third-order valence-corrected chi connectivity index (χ3v) is 5.06. The van der Waals surface area contributed by atoms with Gasteiger partial charge in [-0.2, -0.15) is 0 Å². The minimum atomic E-state index is -3.59. The minimum absolute atomic E-state index is 0.0323. The summed E-state index contributed by atoms with van der Waals surface area (Å²) in [5.41, 5.74) is 6.73. The molecule has 1 heterocycles. The summed E-state index contributed by atoms with van der Waals surface area (Å²) >= 11 is 0. The largest absolute Gasteiger partial charge is 0.352 e. The van der Waals surface area contributed by atoms with Gasteiger partial charge in [0.05, 0.1) is 4.90 Å². The normalized spacial score (nSPS) is 20.3. The highest BCUT2D eigenvalue weighted by atomic mass is 32.2. The highest BCUT2D eigenvalue weighted by Gasteiger charge is 2.23. The lowest BCUT2D eigenvalue weighted by Crippen LogP contribution is -2.38. The Morgan fingerprint density at radius 1 is 1.48 bits per heavy atom. The number of nitrogens with one attached hydrogen (secondary N) is 2. The van der Waals surface area contributed by atoms with E-state index < -0.39 is 10.0 Å². The lowest BCUT2D eigenvalue weighted by molar-refractivity contribution is -0.119. The number of amides is 1. The molecule has 1 aliphatic rings. The Morgan fingerprint density at radius 2 is 2.24 bits per heavy atom. The van der Waals surface area contributed by atoms with Crippen LogP contribution in [-0.2, 0) is 14.8 Å². The van der Waals surface area contributed by atoms with E-state index in [1.165, 1.54) is 0 Å². The molecule has 2 atom stereocenters. The van der Waals surface area contributed by atoms with Crippen molar-refractivity contribution in [1.29, 1.82) is 0 Å². The zero-order valence-electron chi connectivity index (χ0n) is 12.0. The van der Waals surface area contributed by atoms with Crippen molar-refractivity contribution in [3.05, 3.63) is 29.8 Å². The van der Waals surface area contributed by atoms with Crippen LogP contribution in [0.25, 0.3) is 0 Å². The number of hydrogen-bond acceptors (Lipinski definition) is 4. The summed E-state index contributed by atoms with van der Waals surface area (Å²) in [4.78, 5) is 11.3. The molecule has 1 amide bonds. The molecule has 1 aromatic carbocycles. The first kappa shape index (κ1) is 15.9. The lowest BCUT2D eigenvalue weighted by Gasteiger charge is -2.14. The van der Waals surface area contributed by atoms with E-state index in [0.717, 1.165) is 12.0 Å². The lowest BCUT2D eigenvalue weighted by atomic mass is 10.1. The van der Waals surface area contributed by atoms with E-state index in [9.17, 15) is 13.2 Å². The fraction of sp³-hybridized carbons (Fsp3) is 0.500. The van der Waals surface area contributed by atoms with Gasteiger partial charge < -0.3 is 11.1 Å². The summed E-state index contributed by atoms with van der Waals surface area (Å²) in [5.74, 6) is -0.0323. The molecule has 2 rings (SSSR count). The van der Waals surface area contributed by atoms with E-state index in [0.29, 0.717) is 12.8 Å². The molecule has 1 saturated heterocycles. The van der Waals surface area contributed by atoms with Crippen molar-refractivity contribution in [3.63, 3.8) is 0 Å². The minimum Gasteiger partial charge on any atom is -0.352 e. The van der Waals surface area contributed by atoms with Crippen molar-refractivity contribution in [3.8, 4) is 0 Å². The van der Waals surface area contributed by atoms with Gasteiger partial charge in [-0.15, -0.1) is 0 Å². The number of carbonyl (C=O) groups excluding carboxylic acids is 1. The maximum absolute atomic E-state index is 12.3. The first-order chi connectivity index (χ1) is 9.92. The van der Waals surface area contributed by atoms with Crippen LogP contribution in [0.3, 0.4) is 0 Å². The van der Waals surface area contributed by atoms with Gasteiger partial charge in [0.1, 0.15) is 0 Å². The van der Waals surface area contributed by atoms with Gasteiger partial charge in [0.2, 0.25) is 15.9 Å². The molecule has 6 nitrogen and oxygen atoms in total. The summed E-state index contributed by atoms with van der Waals surface area (Å²) in [5, 5.41) is 2.73. The van der Waals surface area contributed by atoms with E-state index >= 15 is 0 Å². The van der Waals surface area contributed by atoms with Gasteiger partial charge in [-0.25, -0.2) is 13.1 Å². The molecule has 0 spiro atoms. The Balaban J connectivity index is 2.06. The Labute approximate surface area is 125 Å². The van der Waals surface area contributed by atoms with E-state index in [1.807, 2.05) is 13.0 Å². The maximum atomic E-state index is 12.3. The van der Waals surface area contributed by atoms with Crippen LogP contribution in [0.5, 0.6) is 0 Å². The van der Waals surface area contributed by atoms with Crippen LogP contribution in [-0.4, -0.2) is 26.9 Å². The predicted octanol–water partition coefficient (Wildman–Crippen LogP) is 0.653. The number of nitrogens with two attached hydrogens (primary N) is 1. The predicted molar refractivity (Wildman–Crippen MR) is 80.0 cm³/mol. The second-order valence-corrected chi connectivity index (χ2v) is 7.01. The Hall–Kier alpha value is -1.44. The summed E-state index contributed by atoms with van der Waals surface area (Å²) in [6.07, 6.45) is 1.85. The molecule has 0 aliphatic carbocycles. The Kier molecular flexibility index (Phi) is 4.97. The molecule has 116 valence electrons. The molecule has 0 aromatic heterocycles. The van der Waals surface area contributed by atoms with Crippen molar-refractivity contribution in [2.45, 2.75) is 43.2 Å². The highest BCUT2D eigenvalue weighted by Crippen LogP contribution is 2.18. The molecule has 1 fully saturated rings. The van der Waals surface area contributed by atoms with Gasteiger partial charge in [0.25, 0.3) is 0 Å².